The molecule has 3 N–H and O–H groups in total. The van der Waals surface area contributed by atoms with Crippen molar-refractivity contribution in [2.24, 2.45) is 5.73 Å². The Morgan fingerprint density at radius 1 is 1.11 bits per heavy atom. The SMILES string of the molecule is Cl.Cl.NCC1CCCCN1C(=O)c1ccc(S(=O)(=O)Nc2ccncc2)cc1. The molecule has 3 rings (SSSR count). The van der Waals surface area contributed by atoms with Crippen LogP contribution in [0.15, 0.2) is 53.7 Å². The van der Waals surface area contributed by atoms with Gasteiger partial charge in [0.1, 0.15) is 0 Å². The second-order valence-electron chi connectivity index (χ2n) is 6.25. The monoisotopic (exact) mass is 446 g/mol. The van der Waals surface area contributed by atoms with Crippen molar-refractivity contribution in [2.75, 3.05) is 17.8 Å². The number of nitrogens with zero attached hydrogens (tertiary/aromatic N) is 2. The zero-order chi connectivity index (χ0) is 18.6. The third kappa shape index (κ3) is 5.57. The molecule has 0 bridgehead atoms. The molecular formula is C18H24Cl2N4O3S. The largest absolute Gasteiger partial charge is 0.334 e. The van der Waals surface area contributed by atoms with Gasteiger partial charge in [0.15, 0.2) is 0 Å². The molecule has 1 amide bonds. The van der Waals surface area contributed by atoms with Gasteiger partial charge in [-0.2, -0.15) is 0 Å². The summed E-state index contributed by atoms with van der Waals surface area (Å²) in [6.45, 7) is 1.12. The van der Waals surface area contributed by atoms with Crippen LogP contribution in [-0.4, -0.2) is 43.3 Å². The number of aromatic nitrogens is 1. The number of benzene rings is 1. The van der Waals surface area contributed by atoms with Crippen molar-refractivity contribution in [3.63, 3.8) is 0 Å². The predicted molar refractivity (Wildman–Crippen MR) is 114 cm³/mol. The van der Waals surface area contributed by atoms with E-state index in [1.165, 1.54) is 24.5 Å². The van der Waals surface area contributed by atoms with Gasteiger partial charge >= 0.3 is 0 Å². The number of amides is 1. The molecule has 1 unspecified atom stereocenters. The Balaban J connectivity index is 0.00000196. The van der Waals surface area contributed by atoms with E-state index in [1.807, 2.05) is 0 Å². The number of nitrogens with one attached hydrogen (secondary N) is 1. The number of hydrogen-bond acceptors (Lipinski definition) is 5. The van der Waals surface area contributed by atoms with E-state index in [9.17, 15) is 13.2 Å². The van der Waals surface area contributed by atoms with Crippen LogP contribution in [0.5, 0.6) is 0 Å². The van der Waals surface area contributed by atoms with Crippen LogP contribution in [0.4, 0.5) is 5.69 Å². The molecule has 0 radical (unpaired) electrons. The van der Waals surface area contributed by atoms with Crippen molar-refractivity contribution in [3.05, 3.63) is 54.4 Å². The smallest absolute Gasteiger partial charge is 0.261 e. The molecule has 2 heterocycles. The zero-order valence-electron chi connectivity index (χ0n) is 15.2. The van der Waals surface area contributed by atoms with Crippen molar-refractivity contribution in [3.8, 4) is 0 Å². The molecule has 28 heavy (non-hydrogen) atoms. The average molecular weight is 447 g/mol. The van der Waals surface area contributed by atoms with Crippen LogP contribution in [0.25, 0.3) is 0 Å². The Morgan fingerprint density at radius 3 is 2.36 bits per heavy atom. The lowest BCUT2D eigenvalue weighted by molar-refractivity contribution is 0.0623. The lowest BCUT2D eigenvalue weighted by Gasteiger charge is -2.35. The summed E-state index contributed by atoms with van der Waals surface area (Å²) >= 11 is 0. The summed E-state index contributed by atoms with van der Waals surface area (Å²) in [6.07, 6.45) is 5.96. The highest BCUT2D eigenvalue weighted by atomic mass is 35.5. The molecule has 0 saturated carbocycles. The molecule has 7 nitrogen and oxygen atoms in total. The fraction of sp³-hybridized carbons (Fsp3) is 0.333. The Kier molecular flexibility index (Phi) is 9.16. The van der Waals surface area contributed by atoms with Crippen LogP contribution < -0.4 is 10.5 Å². The molecule has 0 spiro atoms. The van der Waals surface area contributed by atoms with Crippen LogP contribution in [0, 0.1) is 0 Å². The number of carbonyl (C=O) groups is 1. The van der Waals surface area contributed by atoms with E-state index in [4.69, 9.17) is 5.73 Å². The minimum absolute atomic E-state index is 0. The average Bonchev–Trinajstić information content (AvgIpc) is 2.68. The highest BCUT2D eigenvalue weighted by Gasteiger charge is 2.26. The number of rotatable bonds is 5. The fourth-order valence-electron chi connectivity index (χ4n) is 3.09. The fourth-order valence-corrected chi connectivity index (χ4v) is 4.15. The summed E-state index contributed by atoms with van der Waals surface area (Å²) in [5.41, 5.74) is 6.67. The van der Waals surface area contributed by atoms with Crippen molar-refractivity contribution in [1.29, 1.82) is 0 Å². The van der Waals surface area contributed by atoms with Gasteiger partial charge in [-0.25, -0.2) is 8.42 Å². The van der Waals surface area contributed by atoms with E-state index >= 15 is 0 Å². The molecular weight excluding hydrogens is 423 g/mol. The number of piperidine rings is 1. The molecule has 0 aliphatic carbocycles. The van der Waals surface area contributed by atoms with Gasteiger partial charge in [-0.05, 0) is 55.7 Å². The quantitative estimate of drug-likeness (QED) is 0.733. The van der Waals surface area contributed by atoms with Crippen LogP contribution >= 0.6 is 24.8 Å². The number of anilines is 1. The number of sulfonamides is 1. The summed E-state index contributed by atoms with van der Waals surface area (Å²) in [5.74, 6) is -0.105. The predicted octanol–water partition coefficient (Wildman–Crippen LogP) is 2.68. The molecule has 1 aromatic heterocycles. The molecule has 2 aromatic rings. The van der Waals surface area contributed by atoms with Crippen molar-refractivity contribution >= 4 is 46.4 Å². The molecule has 1 aliphatic heterocycles. The summed E-state index contributed by atoms with van der Waals surface area (Å²) in [4.78, 5) is 18.5. The Labute approximate surface area is 177 Å². The van der Waals surface area contributed by atoms with Crippen LogP contribution in [0.2, 0.25) is 0 Å². The zero-order valence-corrected chi connectivity index (χ0v) is 17.6. The Bertz CT molecular complexity index is 864. The maximum absolute atomic E-state index is 12.7. The second-order valence-corrected chi connectivity index (χ2v) is 7.93. The lowest BCUT2D eigenvalue weighted by Crippen LogP contribution is -2.47. The van der Waals surface area contributed by atoms with Gasteiger partial charge in [0.2, 0.25) is 0 Å². The standard InChI is InChI=1S/C18H22N4O3S.2ClH/c19-13-16-3-1-2-12-22(16)18(23)14-4-6-17(7-5-14)26(24,25)21-15-8-10-20-11-9-15;;/h4-11,16H,1-3,12-13,19H2,(H,20,21);2*1H. The van der Waals surface area contributed by atoms with Crippen LogP contribution in [0.3, 0.4) is 0 Å². The Morgan fingerprint density at radius 2 is 1.75 bits per heavy atom. The van der Waals surface area contributed by atoms with Gasteiger partial charge in [-0.15, -0.1) is 24.8 Å². The third-order valence-electron chi connectivity index (χ3n) is 4.50. The molecule has 1 aliphatic rings. The normalized spacial score (nSPS) is 16.5. The van der Waals surface area contributed by atoms with E-state index in [0.717, 1.165) is 19.3 Å². The van der Waals surface area contributed by atoms with E-state index in [-0.39, 0.29) is 41.7 Å². The maximum Gasteiger partial charge on any atom is 0.261 e. The van der Waals surface area contributed by atoms with E-state index < -0.39 is 10.0 Å². The first kappa shape index (κ1) is 24.2. The molecule has 1 aromatic carbocycles. The number of pyridine rings is 1. The highest BCUT2D eigenvalue weighted by molar-refractivity contribution is 7.92. The summed E-state index contributed by atoms with van der Waals surface area (Å²) < 4.78 is 27.4. The number of carbonyl (C=O) groups excluding carboxylic acids is 1. The molecule has 10 heteroatoms. The molecule has 1 fully saturated rings. The minimum Gasteiger partial charge on any atom is -0.334 e. The first-order valence-electron chi connectivity index (χ1n) is 8.55. The van der Waals surface area contributed by atoms with Gasteiger partial charge in [-0.3, -0.25) is 14.5 Å². The van der Waals surface area contributed by atoms with Crippen molar-refractivity contribution < 1.29 is 13.2 Å². The highest BCUT2D eigenvalue weighted by Crippen LogP contribution is 2.21. The van der Waals surface area contributed by atoms with Gasteiger partial charge in [0.05, 0.1) is 10.6 Å². The number of hydrogen-bond donors (Lipinski definition) is 2. The summed E-state index contributed by atoms with van der Waals surface area (Å²) in [5, 5.41) is 0. The molecule has 1 saturated heterocycles. The summed E-state index contributed by atoms with van der Waals surface area (Å²) in [7, 11) is -3.72. The van der Waals surface area contributed by atoms with Gasteiger partial charge in [0, 0.05) is 37.1 Å². The van der Waals surface area contributed by atoms with Gasteiger partial charge < -0.3 is 10.6 Å². The first-order valence-corrected chi connectivity index (χ1v) is 10.0. The number of nitrogens with two attached hydrogens (primary N) is 1. The molecule has 1 atom stereocenters. The first-order chi connectivity index (χ1) is 12.5. The van der Waals surface area contributed by atoms with Crippen molar-refractivity contribution in [2.45, 2.75) is 30.2 Å². The summed E-state index contributed by atoms with van der Waals surface area (Å²) in [6, 6.07) is 9.17. The van der Waals surface area contributed by atoms with Crippen LogP contribution in [0.1, 0.15) is 29.6 Å². The van der Waals surface area contributed by atoms with Crippen molar-refractivity contribution in [1.82, 2.24) is 9.88 Å². The minimum atomic E-state index is -3.72. The second kappa shape index (κ2) is 10.6. The van der Waals surface area contributed by atoms with Gasteiger partial charge in [0.25, 0.3) is 15.9 Å². The Hall–Kier alpha value is -1.87. The van der Waals surface area contributed by atoms with E-state index in [0.29, 0.717) is 24.3 Å². The van der Waals surface area contributed by atoms with E-state index in [1.54, 1.807) is 29.2 Å². The molecule has 154 valence electrons. The van der Waals surface area contributed by atoms with E-state index in [2.05, 4.69) is 9.71 Å². The van der Waals surface area contributed by atoms with Crippen LogP contribution in [-0.2, 0) is 10.0 Å². The topological polar surface area (TPSA) is 105 Å². The number of likely N-dealkylation sites (tertiary alicyclic amines) is 1. The lowest BCUT2D eigenvalue weighted by atomic mass is 10.0. The van der Waals surface area contributed by atoms with Gasteiger partial charge in [-0.1, -0.05) is 0 Å². The maximum atomic E-state index is 12.7. The number of halogens is 2. The third-order valence-corrected chi connectivity index (χ3v) is 5.90.